The number of rotatable bonds is 1. The van der Waals surface area contributed by atoms with Gasteiger partial charge in [-0.1, -0.05) is 0 Å². The topological polar surface area (TPSA) is 4.44 Å². The summed E-state index contributed by atoms with van der Waals surface area (Å²) in [4.78, 5) is 1.69. The molecule has 0 aromatic heterocycles. The highest BCUT2D eigenvalue weighted by Crippen LogP contribution is 2.57. The van der Waals surface area contributed by atoms with Crippen LogP contribution in [0.15, 0.2) is 0 Å². The summed E-state index contributed by atoms with van der Waals surface area (Å²) in [5.41, 5.74) is 0. The quantitative estimate of drug-likeness (QED) is 0.598. The molecule has 1 N–H and O–H groups in total. The lowest BCUT2D eigenvalue weighted by Gasteiger charge is -2.58. The largest absolute Gasteiger partial charge is 0.337 e. The first-order valence-electron chi connectivity index (χ1n) is 6.10. The minimum atomic E-state index is 0.447. The van der Waals surface area contributed by atoms with Crippen LogP contribution in [0.25, 0.3) is 0 Å². The van der Waals surface area contributed by atoms with Gasteiger partial charge in [-0.05, 0) is 38.0 Å². The van der Waals surface area contributed by atoms with Gasteiger partial charge in [0.1, 0.15) is 0 Å². The van der Waals surface area contributed by atoms with Crippen LogP contribution in [0.4, 0.5) is 0 Å². The van der Waals surface area contributed by atoms with E-state index < -0.39 is 0 Å². The zero-order valence-corrected chi connectivity index (χ0v) is 10.2. The van der Waals surface area contributed by atoms with Gasteiger partial charge < -0.3 is 4.90 Å². The molecule has 0 heterocycles. The summed E-state index contributed by atoms with van der Waals surface area (Å²) in [6.07, 6.45) is 7.24. The first kappa shape index (κ1) is 9.53. The minimum absolute atomic E-state index is 0.447. The second-order valence-electron chi connectivity index (χ2n) is 6.30. The molecule has 4 aliphatic rings. The standard InChI is InChI=1S/C12H21NS/c1-13(2)11-9-3-8-4-10(11)7-12(14,5-8)6-9/h8-11,14H,3-7H2,1-2H3/p+1/t8?,9-,10+,11?,12?. The van der Waals surface area contributed by atoms with E-state index in [4.69, 9.17) is 12.6 Å². The normalized spacial score (nSPS) is 55.7. The van der Waals surface area contributed by atoms with E-state index in [1.54, 1.807) is 4.90 Å². The smallest absolute Gasteiger partial charge is 0.0928 e. The Morgan fingerprint density at radius 3 is 2.07 bits per heavy atom. The molecule has 4 fully saturated rings. The summed E-state index contributed by atoms with van der Waals surface area (Å²) in [5, 5.41) is 0. The van der Waals surface area contributed by atoms with Crippen molar-refractivity contribution < 1.29 is 4.90 Å². The van der Waals surface area contributed by atoms with Gasteiger partial charge >= 0.3 is 0 Å². The average molecular weight is 212 g/mol. The predicted molar refractivity (Wildman–Crippen MR) is 61.9 cm³/mol. The maximum Gasteiger partial charge on any atom is 0.0928 e. The van der Waals surface area contributed by atoms with Crippen molar-refractivity contribution in [2.75, 3.05) is 14.1 Å². The SMILES string of the molecule is C[NH+](C)C1[C@@H]2CC3C[C@H]1CC(S)(C3)C2. The Labute approximate surface area is 92.7 Å². The third kappa shape index (κ3) is 1.26. The van der Waals surface area contributed by atoms with Crippen LogP contribution in [0.5, 0.6) is 0 Å². The van der Waals surface area contributed by atoms with Crippen LogP contribution in [0.1, 0.15) is 32.1 Å². The van der Waals surface area contributed by atoms with Gasteiger partial charge in [0.25, 0.3) is 0 Å². The van der Waals surface area contributed by atoms with Crippen molar-refractivity contribution in [1.82, 2.24) is 0 Å². The fourth-order valence-corrected chi connectivity index (χ4v) is 5.65. The lowest BCUT2D eigenvalue weighted by Crippen LogP contribution is -3.12. The molecule has 0 aromatic rings. The van der Waals surface area contributed by atoms with E-state index in [1.807, 2.05) is 0 Å². The maximum absolute atomic E-state index is 4.95. The monoisotopic (exact) mass is 212 g/mol. The highest BCUT2D eigenvalue weighted by molar-refractivity contribution is 7.81. The van der Waals surface area contributed by atoms with Crippen LogP contribution in [-0.4, -0.2) is 24.9 Å². The van der Waals surface area contributed by atoms with Crippen molar-refractivity contribution in [3.63, 3.8) is 0 Å². The van der Waals surface area contributed by atoms with Crippen LogP contribution in [0.3, 0.4) is 0 Å². The Bertz CT molecular complexity index is 235. The summed E-state index contributed by atoms with van der Waals surface area (Å²) in [6, 6.07) is 0.951. The molecule has 4 rings (SSSR count). The predicted octanol–water partition coefficient (Wildman–Crippen LogP) is 1.01. The minimum Gasteiger partial charge on any atom is -0.337 e. The molecule has 2 heteroatoms. The molecular weight excluding hydrogens is 190 g/mol. The third-order valence-electron chi connectivity index (χ3n) is 4.91. The highest BCUT2D eigenvalue weighted by Gasteiger charge is 2.56. The molecule has 14 heavy (non-hydrogen) atoms. The number of nitrogens with one attached hydrogen (secondary N) is 1. The molecule has 4 saturated carbocycles. The Morgan fingerprint density at radius 2 is 1.64 bits per heavy atom. The second-order valence-corrected chi connectivity index (χ2v) is 7.25. The first-order chi connectivity index (χ1) is 6.57. The van der Waals surface area contributed by atoms with Crippen LogP contribution >= 0.6 is 12.6 Å². The number of hydrogen-bond acceptors (Lipinski definition) is 1. The average Bonchev–Trinajstić information content (AvgIpc) is 1.97. The zero-order chi connectivity index (χ0) is 9.92. The van der Waals surface area contributed by atoms with Gasteiger partial charge in [-0.15, -0.1) is 0 Å². The molecule has 0 spiro atoms. The van der Waals surface area contributed by atoms with E-state index in [0.29, 0.717) is 4.75 Å². The molecule has 0 amide bonds. The van der Waals surface area contributed by atoms with Gasteiger partial charge in [-0.25, -0.2) is 0 Å². The van der Waals surface area contributed by atoms with Crippen molar-refractivity contribution in [3.05, 3.63) is 0 Å². The molecule has 1 nitrogen and oxygen atoms in total. The van der Waals surface area contributed by atoms with Gasteiger partial charge in [0.05, 0.1) is 20.1 Å². The first-order valence-corrected chi connectivity index (χ1v) is 6.54. The second kappa shape index (κ2) is 2.91. The van der Waals surface area contributed by atoms with Gasteiger partial charge in [-0.2, -0.15) is 12.6 Å². The summed E-state index contributed by atoms with van der Waals surface area (Å²) < 4.78 is 0.447. The van der Waals surface area contributed by atoms with E-state index in [2.05, 4.69) is 14.1 Å². The van der Waals surface area contributed by atoms with Crippen LogP contribution < -0.4 is 4.90 Å². The Balaban J connectivity index is 1.89. The van der Waals surface area contributed by atoms with Gasteiger partial charge in [0, 0.05) is 16.6 Å². The van der Waals surface area contributed by atoms with Gasteiger partial charge in [-0.3, -0.25) is 0 Å². The fourth-order valence-electron chi connectivity index (χ4n) is 4.92. The molecule has 0 saturated heterocycles. The molecule has 3 unspecified atom stereocenters. The molecule has 0 aromatic carbocycles. The molecule has 4 bridgehead atoms. The van der Waals surface area contributed by atoms with E-state index in [0.717, 1.165) is 23.8 Å². The molecule has 4 aliphatic carbocycles. The summed E-state index contributed by atoms with van der Waals surface area (Å²) >= 11 is 4.95. The van der Waals surface area contributed by atoms with E-state index in [1.165, 1.54) is 32.1 Å². The summed E-state index contributed by atoms with van der Waals surface area (Å²) in [7, 11) is 4.69. The molecule has 0 aliphatic heterocycles. The van der Waals surface area contributed by atoms with Crippen molar-refractivity contribution in [1.29, 1.82) is 0 Å². The van der Waals surface area contributed by atoms with Crippen molar-refractivity contribution >= 4 is 12.6 Å². The fraction of sp³-hybridized carbons (Fsp3) is 1.00. The molecule has 5 atom stereocenters. The van der Waals surface area contributed by atoms with Crippen molar-refractivity contribution in [2.24, 2.45) is 17.8 Å². The maximum atomic E-state index is 4.95. The molecule has 0 radical (unpaired) electrons. The third-order valence-corrected chi connectivity index (χ3v) is 5.46. The lowest BCUT2D eigenvalue weighted by molar-refractivity contribution is -0.897. The van der Waals surface area contributed by atoms with E-state index >= 15 is 0 Å². The number of quaternary nitrogens is 1. The summed E-state index contributed by atoms with van der Waals surface area (Å²) in [6.45, 7) is 0. The highest BCUT2D eigenvalue weighted by atomic mass is 32.1. The van der Waals surface area contributed by atoms with Gasteiger partial charge in [0.15, 0.2) is 0 Å². The van der Waals surface area contributed by atoms with Gasteiger partial charge in [0.2, 0.25) is 0 Å². The Hall–Kier alpha value is 0.310. The lowest BCUT2D eigenvalue weighted by atomic mass is 9.53. The number of hydrogen-bond donors (Lipinski definition) is 2. The Morgan fingerprint density at radius 1 is 1.07 bits per heavy atom. The van der Waals surface area contributed by atoms with Crippen molar-refractivity contribution in [2.45, 2.75) is 42.9 Å². The Kier molecular flexibility index (Phi) is 1.98. The van der Waals surface area contributed by atoms with E-state index in [-0.39, 0.29) is 0 Å². The van der Waals surface area contributed by atoms with Crippen molar-refractivity contribution in [3.8, 4) is 0 Å². The summed E-state index contributed by atoms with van der Waals surface area (Å²) in [5.74, 6) is 3.01. The number of thiol groups is 1. The van der Waals surface area contributed by atoms with Crippen LogP contribution in [0, 0.1) is 17.8 Å². The zero-order valence-electron chi connectivity index (χ0n) is 9.29. The van der Waals surface area contributed by atoms with E-state index in [9.17, 15) is 0 Å². The molecule has 80 valence electrons. The van der Waals surface area contributed by atoms with Crippen LogP contribution in [-0.2, 0) is 0 Å². The molecular formula is C12H22NS+. The van der Waals surface area contributed by atoms with Crippen LogP contribution in [0.2, 0.25) is 0 Å².